The molecule has 1 aliphatic carbocycles. The third kappa shape index (κ3) is 11.3. The number of hydrogen-bond acceptors (Lipinski definition) is 6. The number of aliphatic hydroxyl groups is 2. The van der Waals surface area contributed by atoms with Crippen LogP contribution in [0.5, 0.6) is 0 Å². The maximum Gasteiger partial charge on any atom is 0.220 e. The van der Waals surface area contributed by atoms with Crippen LogP contribution < -0.4 is 5.32 Å². The first-order valence-electron chi connectivity index (χ1n) is 14.6. The Labute approximate surface area is 231 Å². The highest BCUT2D eigenvalue weighted by molar-refractivity contribution is 6.01. The lowest BCUT2D eigenvalue weighted by molar-refractivity contribution is -0.134. The van der Waals surface area contributed by atoms with Crippen LogP contribution in [0.1, 0.15) is 98.8 Å². The van der Waals surface area contributed by atoms with E-state index in [4.69, 9.17) is 9.47 Å². The number of rotatable bonds is 19. The second-order valence-electron chi connectivity index (χ2n) is 11.7. The minimum Gasteiger partial charge on any atom is -0.391 e. The van der Waals surface area contributed by atoms with E-state index >= 15 is 0 Å². The summed E-state index contributed by atoms with van der Waals surface area (Å²) in [6.07, 6.45) is 14.3. The number of ether oxygens (including phenoxy) is 2. The van der Waals surface area contributed by atoms with E-state index in [2.05, 4.69) is 25.2 Å². The first-order valence-corrected chi connectivity index (χ1v) is 14.6. The molecule has 1 amide bonds. The minimum absolute atomic E-state index is 0.0665. The monoisotopic (exact) mass is 537 g/mol. The topological polar surface area (TPSA) is 105 Å². The number of amides is 1. The van der Waals surface area contributed by atoms with Gasteiger partial charge in [-0.3, -0.25) is 9.59 Å². The molecule has 220 valence electrons. The van der Waals surface area contributed by atoms with Gasteiger partial charge in [0.25, 0.3) is 0 Å². The molecule has 1 rings (SSSR count). The van der Waals surface area contributed by atoms with Crippen molar-refractivity contribution in [3.63, 3.8) is 0 Å². The molecule has 6 unspecified atom stereocenters. The fraction of sp³-hybridized carbons (Fsp3) is 0.806. The quantitative estimate of drug-likeness (QED) is 0.156. The summed E-state index contributed by atoms with van der Waals surface area (Å²) in [6.45, 7) is 9.77. The van der Waals surface area contributed by atoms with E-state index in [1.165, 1.54) is 45.6 Å². The number of methoxy groups -OCH3 is 2. The average molecular weight is 538 g/mol. The summed E-state index contributed by atoms with van der Waals surface area (Å²) in [5, 5.41) is 24.2. The summed E-state index contributed by atoms with van der Waals surface area (Å²) in [7, 11) is 3.25. The largest absolute Gasteiger partial charge is 0.391 e. The van der Waals surface area contributed by atoms with E-state index in [0.717, 1.165) is 12.8 Å². The van der Waals surface area contributed by atoms with Crippen LogP contribution in [0.4, 0.5) is 0 Å². The van der Waals surface area contributed by atoms with Crippen LogP contribution in [0.25, 0.3) is 0 Å². The van der Waals surface area contributed by atoms with Gasteiger partial charge in [0.05, 0.1) is 30.3 Å². The zero-order chi connectivity index (χ0) is 28.7. The Kier molecular flexibility index (Phi) is 16.3. The lowest BCUT2D eigenvalue weighted by Crippen LogP contribution is -2.52. The van der Waals surface area contributed by atoms with Crippen LogP contribution in [-0.4, -0.2) is 67.1 Å². The van der Waals surface area contributed by atoms with Crippen LogP contribution in [0.3, 0.4) is 0 Å². The summed E-state index contributed by atoms with van der Waals surface area (Å²) in [5.74, 6) is -0.187. The number of nitrogens with one attached hydrogen (secondary N) is 1. The number of carbonyl (C=O) groups excluding carboxylic acids is 2. The molecule has 38 heavy (non-hydrogen) atoms. The van der Waals surface area contributed by atoms with Crippen LogP contribution in [0.15, 0.2) is 23.8 Å². The van der Waals surface area contributed by atoms with Gasteiger partial charge >= 0.3 is 0 Å². The van der Waals surface area contributed by atoms with Crippen molar-refractivity contribution in [3.8, 4) is 0 Å². The maximum atomic E-state index is 13.0. The van der Waals surface area contributed by atoms with Crippen molar-refractivity contribution < 1.29 is 29.3 Å². The molecule has 0 aromatic heterocycles. The zero-order valence-electron chi connectivity index (χ0n) is 25.0. The predicted octanol–water partition coefficient (Wildman–Crippen LogP) is 5.14. The fourth-order valence-corrected chi connectivity index (χ4v) is 5.27. The molecule has 6 atom stereocenters. The SMILES string of the molecule is CCCCCCCC(C)CC(C/C=C/CCC(=O)NC(COC)C(O)C1=CC(C)C(O)C(C)(C)C1=O)OC. The van der Waals surface area contributed by atoms with Crippen LogP contribution in [0.2, 0.25) is 0 Å². The second-order valence-corrected chi connectivity index (χ2v) is 11.7. The fourth-order valence-electron chi connectivity index (χ4n) is 5.27. The summed E-state index contributed by atoms with van der Waals surface area (Å²) in [6, 6.07) is -0.758. The average Bonchev–Trinajstić information content (AvgIpc) is 2.88. The van der Waals surface area contributed by atoms with Gasteiger partial charge in [0.2, 0.25) is 5.91 Å². The minimum atomic E-state index is -1.22. The Hall–Kier alpha value is -1.54. The van der Waals surface area contributed by atoms with Gasteiger partial charge in [-0.1, -0.05) is 91.4 Å². The molecule has 7 nitrogen and oxygen atoms in total. The van der Waals surface area contributed by atoms with E-state index < -0.39 is 23.7 Å². The van der Waals surface area contributed by atoms with Gasteiger partial charge in [-0.2, -0.15) is 0 Å². The van der Waals surface area contributed by atoms with Crippen LogP contribution >= 0.6 is 0 Å². The number of hydrogen-bond donors (Lipinski definition) is 3. The number of unbranched alkanes of at least 4 members (excludes halogenated alkanes) is 4. The Morgan fingerprint density at radius 1 is 1.18 bits per heavy atom. The summed E-state index contributed by atoms with van der Waals surface area (Å²) in [5.41, 5.74) is -0.792. The zero-order valence-corrected chi connectivity index (χ0v) is 25.0. The number of aliphatic hydroxyl groups excluding tert-OH is 2. The molecule has 0 bridgehead atoms. The van der Waals surface area contributed by atoms with Gasteiger partial charge in [-0.15, -0.1) is 0 Å². The van der Waals surface area contributed by atoms with E-state index in [0.29, 0.717) is 12.3 Å². The predicted molar refractivity (Wildman–Crippen MR) is 153 cm³/mol. The summed E-state index contributed by atoms with van der Waals surface area (Å²) in [4.78, 5) is 25.6. The molecular formula is C31H55NO6. The van der Waals surface area contributed by atoms with E-state index in [1.807, 2.05) is 13.0 Å². The molecule has 7 heteroatoms. The van der Waals surface area contributed by atoms with E-state index in [1.54, 1.807) is 27.0 Å². The maximum absolute atomic E-state index is 13.0. The second kappa shape index (κ2) is 17.9. The Morgan fingerprint density at radius 3 is 2.50 bits per heavy atom. The van der Waals surface area contributed by atoms with Gasteiger partial charge < -0.3 is 25.0 Å². The molecular weight excluding hydrogens is 482 g/mol. The van der Waals surface area contributed by atoms with Crippen LogP contribution in [-0.2, 0) is 19.1 Å². The molecule has 0 heterocycles. The van der Waals surface area contributed by atoms with Crippen molar-refractivity contribution in [2.75, 3.05) is 20.8 Å². The van der Waals surface area contributed by atoms with Gasteiger partial charge in [0.1, 0.15) is 6.10 Å². The van der Waals surface area contributed by atoms with E-state index in [9.17, 15) is 19.8 Å². The molecule has 0 saturated heterocycles. The van der Waals surface area contributed by atoms with E-state index in [-0.39, 0.29) is 42.3 Å². The molecule has 3 N–H and O–H groups in total. The standard InChI is InChI=1S/C31H55NO6/c1-8-9-10-11-13-16-22(2)19-24(38-7)17-14-12-15-18-27(33)32-26(21-37-6)28(34)25-20-23(3)29(35)31(4,5)30(25)36/h12,14,20,22-24,26,28-29,34-35H,8-11,13,15-19,21H2,1-7H3,(H,32,33)/b14-12+. The molecule has 0 aliphatic heterocycles. The third-order valence-electron chi connectivity index (χ3n) is 7.82. The van der Waals surface area contributed by atoms with Crippen molar-refractivity contribution in [1.82, 2.24) is 5.32 Å². The lowest BCUT2D eigenvalue weighted by Gasteiger charge is -2.39. The molecule has 0 aromatic carbocycles. The Balaban J connectivity index is 2.53. The van der Waals surface area contributed by atoms with Crippen molar-refractivity contribution in [2.24, 2.45) is 17.3 Å². The van der Waals surface area contributed by atoms with Gasteiger partial charge in [-0.05, 0) is 25.2 Å². The molecule has 0 fully saturated rings. The third-order valence-corrected chi connectivity index (χ3v) is 7.82. The molecule has 0 radical (unpaired) electrons. The number of ketones is 1. The summed E-state index contributed by atoms with van der Waals surface area (Å²) >= 11 is 0. The smallest absolute Gasteiger partial charge is 0.220 e. The summed E-state index contributed by atoms with van der Waals surface area (Å²) < 4.78 is 10.9. The van der Waals surface area contributed by atoms with Gasteiger partial charge in [0.15, 0.2) is 5.78 Å². The Morgan fingerprint density at radius 2 is 1.87 bits per heavy atom. The number of carbonyl (C=O) groups is 2. The molecule has 0 spiro atoms. The highest BCUT2D eigenvalue weighted by Crippen LogP contribution is 2.37. The van der Waals surface area contributed by atoms with Crippen LogP contribution in [0, 0.1) is 17.3 Å². The van der Waals surface area contributed by atoms with Crippen molar-refractivity contribution >= 4 is 11.7 Å². The van der Waals surface area contributed by atoms with Crippen molar-refractivity contribution in [3.05, 3.63) is 23.8 Å². The van der Waals surface area contributed by atoms with Crippen molar-refractivity contribution in [1.29, 1.82) is 0 Å². The Bertz CT molecular complexity index is 761. The van der Waals surface area contributed by atoms with Gasteiger partial charge in [-0.25, -0.2) is 0 Å². The number of Topliss-reactive ketones (excluding diaryl/α,β-unsaturated/α-hetero) is 1. The molecule has 0 saturated carbocycles. The normalized spacial score (nSPS) is 22.7. The first-order chi connectivity index (χ1) is 18.0. The number of allylic oxidation sites excluding steroid dienone is 1. The lowest BCUT2D eigenvalue weighted by atomic mass is 9.68. The molecule has 0 aromatic rings. The van der Waals surface area contributed by atoms with Crippen molar-refractivity contribution in [2.45, 2.75) is 123 Å². The highest BCUT2D eigenvalue weighted by Gasteiger charge is 2.46. The highest BCUT2D eigenvalue weighted by atomic mass is 16.5. The molecule has 1 aliphatic rings. The first kappa shape index (κ1) is 34.5. The van der Waals surface area contributed by atoms with Gasteiger partial charge in [0, 0.05) is 32.1 Å².